The van der Waals surface area contributed by atoms with Gasteiger partial charge in [-0.1, -0.05) is 42.5 Å². The Morgan fingerprint density at radius 2 is 1.43 bits per heavy atom. The number of ether oxygens (including phenoxy) is 1. The third-order valence-electron chi connectivity index (χ3n) is 4.75. The van der Waals surface area contributed by atoms with Gasteiger partial charge >= 0.3 is 0 Å². The minimum Gasteiger partial charge on any atom is -0.497 e. The molecule has 0 aliphatic carbocycles. The van der Waals surface area contributed by atoms with Crippen molar-refractivity contribution >= 4 is 15.9 Å². The number of sulfonamides is 1. The summed E-state index contributed by atoms with van der Waals surface area (Å²) in [5, 5.41) is 3.04. The average molecular weight is 425 g/mol. The van der Waals surface area contributed by atoms with Crippen LogP contribution in [0.25, 0.3) is 0 Å². The Balaban J connectivity index is 1.88. The van der Waals surface area contributed by atoms with Crippen molar-refractivity contribution in [1.82, 2.24) is 9.62 Å². The molecule has 0 radical (unpaired) electrons. The van der Waals surface area contributed by atoms with Gasteiger partial charge in [0.1, 0.15) is 5.75 Å². The zero-order valence-electron chi connectivity index (χ0n) is 17.1. The number of carbonyl (C=O) groups is 1. The Hall–Kier alpha value is -3.16. The van der Waals surface area contributed by atoms with Crippen LogP contribution < -0.4 is 10.1 Å². The van der Waals surface area contributed by atoms with Crippen LogP contribution in [-0.4, -0.2) is 39.8 Å². The molecule has 0 saturated carbocycles. The van der Waals surface area contributed by atoms with Crippen LogP contribution in [0.4, 0.5) is 0 Å². The molecule has 0 bridgehead atoms. The Morgan fingerprint density at radius 3 is 1.97 bits per heavy atom. The summed E-state index contributed by atoms with van der Waals surface area (Å²) in [7, 11) is 0.993. The summed E-state index contributed by atoms with van der Waals surface area (Å²) in [4.78, 5) is 13.1. The van der Waals surface area contributed by atoms with Crippen LogP contribution in [0.1, 0.15) is 27.5 Å². The van der Waals surface area contributed by atoms with Crippen LogP contribution in [-0.2, 0) is 10.0 Å². The minimum atomic E-state index is -3.55. The molecule has 30 heavy (non-hydrogen) atoms. The molecule has 3 aromatic rings. The fourth-order valence-corrected chi connectivity index (χ4v) is 3.91. The van der Waals surface area contributed by atoms with Crippen molar-refractivity contribution in [2.75, 3.05) is 21.2 Å². The van der Waals surface area contributed by atoms with Gasteiger partial charge in [0.2, 0.25) is 10.0 Å². The molecule has 7 heteroatoms. The molecule has 1 atom stereocenters. The van der Waals surface area contributed by atoms with Gasteiger partial charge in [0.25, 0.3) is 5.91 Å². The maximum absolute atomic E-state index is 12.9. The minimum absolute atomic E-state index is 0.138. The Bertz CT molecular complexity index is 1090. The van der Waals surface area contributed by atoms with Gasteiger partial charge in [-0.25, -0.2) is 12.7 Å². The van der Waals surface area contributed by atoms with E-state index in [4.69, 9.17) is 4.74 Å². The van der Waals surface area contributed by atoms with Crippen molar-refractivity contribution in [1.29, 1.82) is 0 Å². The number of nitrogens with zero attached hydrogens (tertiary/aromatic N) is 1. The highest BCUT2D eigenvalue weighted by molar-refractivity contribution is 7.89. The first kappa shape index (κ1) is 21.5. The average Bonchev–Trinajstić information content (AvgIpc) is 2.78. The number of methoxy groups -OCH3 is 1. The SMILES string of the molecule is COc1ccc(C(NC(=O)c2ccc(S(=O)(=O)N(C)C)cc2)c2ccccc2)cc1. The Morgan fingerprint density at radius 1 is 0.867 bits per heavy atom. The van der Waals surface area contributed by atoms with E-state index in [-0.39, 0.29) is 16.8 Å². The van der Waals surface area contributed by atoms with Crippen molar-refractivity contribution in [2.45, 2.75) is 10.9 Å². The molecule has 6 nitrogen and oxygen atoms in total. The zero-order valence-corrected chi connectivity index (χ0v) is 17.9. The summed E-state index contributed by atoms with van der Waals surface area (Å²) in [5.74, 6) is 0.433. The molecule has 156 valence electrons. The molecular formula is C23H24N2O4S. The van der Waals surface area contributed by atoms with Crippen LogP contribution in [0.5, 0.6) is 5.75 Å². The normalized spacial score (nSPS) is 12.4. The molecule has 0 aliphatic heterocycles. The van der Waals surface area contributed by atoms with E-state index in [1.54, 1.807) is 7.11 Å². The van der Waals surface area contributed by atoms with Crippen molar-refractivity contribution in [3.8, 4) is 5.75 Å². The maximum Gasteiger partial charge on any atom is 0.252 e. The van der Waals surface area contributed by atoms with Gasteiger partial charge < -0.3 is 10.1 Å². The maximum atomic E-state index is 12.9. The van der Waals surface area contributed by atoms with Gasteiger partial charge in [0.15, 0.2) is 0 Å². The second kappa shape index (κ2) is 9.11. The predicted octanol–water partition coefficient (Wildman–Crippen LogP) is 3.46. The van der Waals surface area contributed by atoms with Gasteiger partial charge in [-0.3, -0.25) is 4.79 Å². The van der Waals surface area contributed by atoms with Gasteiger partial charge in [-0.05, 0) is 47.5 Å². The lowest BCUT2D eigenvalue weighted by molar-refractivity contribution is 0.0943. The zero-order chi connectivity index (χ0) is 21.7. The number of rotatable bonds is 7. The van der Waals surface area contributed by atoms with Gasteiger partial charge in [0.05, 0.1) is 18.0 Å². The largest absolute Gasteiger partial charge is 0.497 e. The number of hydrogen-bond acceptors (Lipinski definition) is 4. The molecular weight excluding hydrogens is 400 g/mol. The quantitative estimate of drug-likeness (QED) is 0.630. The second-order valence-corrected chi connectivity index (χ2v) is 9.05. The number of nitrogens with one attached hydrogen (secondary N) is 1. The fraction of sp³-hybridized carbons (Fsp3) is 0.174. The highest BCUT2D eigenvalue weighted by Gasteiger charge is 2.20. The third kappa shape index (κ3) is 4.69. The van der Waals surface area contributed by atoms with E-state index in [1.807, 2.05) is 54.6 Å². The van der Waals surface area contributed by atoms with E-state index >= 15 is 0 Å². The fourth-order valence-electron chi connectivity index (χ4n) is 3.00. The number of hydrogen-bond donors (Lipinski definition) is 1. The van der Waals surface area contributed by atoms with Crippen molar-refractivity contribution in [3.05, 3.63) is 95.6 Å². The smallest absolute Gasteiger partial charge is 0.252 e. The molecule has 3 aromatic carbocycles. The van der Waals surface area contributed by atoms with E-state index in [0.717, 1.165) is 21.2 Å². The molecule has 0 saturated heterocycles. The van der Waals surface area contributed by atoms with Crippen LogP contribution in [0.2, 0.25) is 0 Å². The summed E-state index contributed by atoms with van der Waals surface area (Å²) in [6, 6.07) is 22.7. The molecule has 0 fully saturated rings. The van der Waals surface area contributed by atoms with Crippen molar-refractivity contribution < 1.29 is 17.9 Å². The van der Waals surface area contributed by atoms with E-state index in [9.17, 15) is 13.2 Å². The predicted molar refractivity (Wildman–Crippen MR) is 116 cm³/mol. The monoisotopic (exact) mass is 424 g/mol. The van der Waals surface area contributed by atoms with Crippen LogP contribution in [0.3, 0.4) is 0 Å². The van der Waals surface area contributed by atoms with Crippen LogP contribution in [0.15, 0.2) is 83.8 Å². The third-order valence-corrected chi connectivity index (χ3v) is 6.58. The Labute approximate surface area is 177 Å². The summed E-state index contributed by atoms with van der Waals surface area (Å²) in [5.41, 5.74) is 2.21. The van der Waals surface area contributed by atoms with Crippen LogP contribution >= 0.6 is 0 Å². The van der Waals surface area contributed by atoms with Crippen molar-refractivity contribution in [3.63, 3.8) is 0 Å². The van der Waals surface area contributed by atoms with Gasteiger partial charge in [-0.15, -0.1) is 0 Å². The lowest BCUT2D eigenvalue weighted by atomic mass is 9.98. The number of benzene rings is 3. The first-order valence-corrected chi connectivity index (χ1v) is 10.8. The molecule has 0 aromatic heterocycles. The van der Waals surface area contributed by atoms with Gasteiger partial charge in [0, 0.05) is 19.7 Å². The van der Waals surface area contributed by atoms with Gasteiger partial charge in [-0.2, -0.15) is 0 Å². The molecule has 1 amide bonds. The van der Waals surface area contributed by atoms with E-state index in [1.165, 1.54) is 38.4 Å². The highest BCUT2D eigenvalue weighted by Crippen LogP contribution is 2.25. The molecule has 1 N–H and O–H groups in total. The second-order valence-electron chi connectivity index (χ2n) is 6.90. The topological polar surface area (TPSA) is 75.7 Å². The standard InChI is InChI=1S/C23H24N2O4S/c1-25(2)30(27,28)21-15-11-19(12-16-21)23(26)24-22(17-7-5-4-6-8-17)18-9-13-20(29-3)14-10-18/h4-16,22H,1-3H3,(H,24,26). The molecule has 0 spiro atoms. The highest BCUT2D eigenvalue weighted by atomic mass is 32.2. The van der Waals surface area contributed by atoms with Crippen molar-refractivity contribution in [2.24, 2.45) is 0 Å². The Kier molecular flexibility index (Phi) is 6.54. The first-order valence-electron chi connectivity index (χ1n) is 9.35. The lowest BCUT2D eigenvalue weighted by Gasteiger charge is -2.20. The number of carbonyl (C=O) groups excluding carboxylic acids is 1. The van der Waals surface area contributed by atoms with E-state index in [0.29, 0.717) is 5.56 Å². The molecule has 1 unspecified atom stereocenters. The van der Waals surface area contributed by atoms with Crippen LogP contribution in [0, 0.1) is 0 Å². The van der Waals surface area contributed by atoms with E-state index < -0.39 is 10.0 Å². The first-order chi connectivity index (χ1) is 14.3. The summed E-state index contributed by atoms with van der Waals surface area (Å²) >= 11 is 0. The molecule has 3 rings (SSSR count). The summed E-state index contributed by atoms with van der Waals surface area (Å²) in [6.07, 6.45) is 0. The summed E-state index contributed by atoms with van der Waals surface area (Å²) in [6.45, 7) is 0. The summed E-state index contributed by atoms with van der Waals surface area (Å²) < 4.78 is 30.8. The number of amides is 1. The lowest BCUT2D eigenvalue weighted by Crippen LogP contribution is -2.29. The molecule has 0 aliphatic rings. The van der Waals surface area contributed by atoms with E-state index in [2.05, 4.69) is 5.32 Å². The molecule has 0 heterocycles.